The van der Waals surface area contributed by atoms with Crippen molar-refractivity contribution in [3.05, 3.63) is 41.3 Å². The average molecular weight is 455 g/mol. The predicted molar refractivity (Wildman–Crippen MR) is 107 cm³/mol. The van der Waals surface area contributed by atoms with Crippen molar-refractivity contribution in [2.45, 2.75) is 19.1 Å². The van der Waals surface area contributed by atoms with Crippen molar-refractivity contribution in [2.75, 3.05) is 31.6 Å². The first-order valence-corrected chi connectivity index (χ1v) is 9.87. The maximum atomic E-state index is 13.1. The van der Waals surface area contributed by atoms with Crippen molar-refractivity contribution >= 4 is 40.0 Å². The lowest BCUT2D eigenvalue weighted by atomic mass is 10.2. The van der Waals surface area contributed by atoms with Gasteiger partial charge in [0.25, 0.3) is 5.91 Å². The third kappa shape index (κ3) is 5.05. The number of fused-ring (bicyclic) bond motifs is 1. The summed E-state index contributed by atoms with van der Waals surface area (Å²) in [7, 11) is 0. The predicted octanol–water partition coefficient (Wildman–Crippen LogP) is 3.65. The summed E-state index contributed by atoms with van der Waals surface area (Å²) in [5.41, 5.74) is 0.177. The van der Waals surface area contributed by atoms with E-state index < -0.39 is 12.7 Å². The van der Waals surface area contributed by atoms with E-state index in [9.17, 15) is 18.0 Å². The second-order valence-electron chi connectivity index (χ2n) is 6.95. The normalized spacial score (nSPS) is 15.2. The first-order valence-electron chi connectivity index (χ1n) is 9.49. The molecule has 31 heavy (non-hydrogen) atoms. The minimum Gasteiger partial charge on any atom is -0.380 e. The van der Waals surface area contributed by atoms with Gasteiger partial charge in [0.15, 0.2) is 5.82 Å². The Labute approximate surface area is 180 Å². The van der Waals surface area contributed by atoms with E-state index >= 15 is 0 Å². The molecule has 164 valence electrons. The molecule has 0 bridgehead atoms. The zero-order valence-corrected chi connectivity index (χ0v) is 16.9. The standard InChI is InChI=1S/C19H18ClF3N6O2/c20-12-2-3-24-16(8-12)26-17-13-10-25-14(18(30)28-4-1-6-31-7-5-28)9-15(13)29(27-17)11-19(21,22)23/h2-3,8-10H,1,4-7,11H2,(H,24,26,27). The Morgan fingerprint density at radius 1 is 1.23 bits per heavy atom. The summed E-state index contributed by atoms with van der Waals surface area (Å²) in [6.45, 7) is 0.534. The molecule has 8 nitrogen and oxygen atoms in total. The largest absolute Gasteiger partial charge is 0.408 e. The Morgan fingerprint density at radius 3 is 2.84 bits per heavy atom. The summed E-state index contributed by atoms with van der Waals surface area (Å²) in [6.07, 6.45) is -1.02. The van der Waals surface area contributed by atoms with E-state index in [0.29, 0.717) is 49.0 Å². The lowest BCUT2D eigenvalue weighted by Gasteiger charge is -2.19. The molecule has 4 heterocycles. The van der Waals surface area contributed by atoms with Crippen LogP contribution in [0.25, 0.3) is 10.9 Å². The molecule has 1 saturated heterocycles. The van der Waals surface area contributed by atoms with Gasteiger partial charge in [0, 0.05) is 37.1 Å². The van der Waals surface area contributed by atoms with Crippen LogP contribution in [0.3, 0.4) is 0 Å². The molecule has 0 unspecified atom stereocenters. The third-order valence-corrected chi connectivity index (χ3v) is 4.90. The molecule has 0 spiro atoms. The number of rotatable bonds is 4. The lowest BCUT2D eigenvalue weighted by molar-refractivity contribution is -0.141. The van der Waals surface area contributed by atoms with Gasteiger partial charge in [-0.2, -0.15) is 18.3 Å². The molecule has 3 aromatic rings. The van der Waals surface area contributed by atoms with E-state index in [1.165, 1.54) is 24.5 Å². The average Bonchev–Trinajstić information content (AvgIpc) is 2.89. The lowest BCUT2D eigenvalue weighted by Crippen LogP contribution is -2.33. The van der Waals surface area contributed by atoms with Gasteiger partial charge in [-0.3, -0.25) is 14.5 Å². The van der Waals surface area contributed by atoms with Gasteiger partial charge in [-0.05, 0) is 24.6 Å². The summed E-state index contributed by atoms with van der Waals surface area (Å²) in [6, 6.07) is 4.42. The molecule has 1 aliphatic rings. The number of alkyl halides is 3. The Bertz CT molecular complexity index is 1100. The third-order valence-electron chi connectivity index (χ3n) is 4.66. The van der Waals surface area contributed by atoms with Crippen molar-refractivity contribution in [3.63, 3.8) is 0 Å². The number of aromatic nitrogens is 4. The number of nitrogens with one attached hydrogen (secondary N) is 1. The number of pyridine rings is 2. The SMILES string of the molecule is O=C(c1cc2c(cn1)c(Nc1cc(Cl)ccn1)nn2CC(F)(F)F)N1CCCOCC1. The summed E-state index contributed by atoms with van der Waals surface area (Å²) in [5, 5.41) is 7.64. The fourth-order valence-electron chi connectivity index (χ4n) is 3.27. The first-order chi connectivity index (χ1) is 14.8. The maximum absolute atomic E-state index is 13.1. The number of hydrogen-bond acceptors (Lipinski definition) is 6. The highest BCUT2D eigenvalue weighted by molar-refractivity contribution is 6.30. The van der Waals surface area contributed by atoms with Gasteiger partial charge >= 0.3 is 6.18 Å². The van der Waals surface area contributed by atoms with Crippen LogP contribution in [0.4, 0.5) is 24.8 Å². The van der Waals surface area contributed by atoms with Crippen LogP contribution in [0.15, 0.2) is 30.6 Å². The smallest absolute Gasteiger partial charge is 0.380 e. The van der Waals surface area contributed by atoms with Crippen LogP contribution in [-0.4, -0.2) is 63.0 Å². The van der Waals surface area contributed by atoms with Crippen molar-refractivity contribution < 1.29 is 22.7 Å². The number of hydrogen-bond donors (Lipinski definition) is 1. The van der Waals surface area contributed by atoms with Crippen LogP contribution in [0.1, 0.15) is 16.9 Å². The summed E-state index contributed by atoms with van der Waals surface area (Å²) in [4.78, 5) is 22.7. The second kappa shape index (κ2) is 8.67. The molecule has 1 N–H and O–H groups in total. The first kappa shape index (κ1) is 21.3. The number of ether oxygens (including phenoxy) is 1. The number of halogens is 4. The van der Waals surface area contributed by atoms with E-state index in [1.54, 1.807) is 11.0 Å². The van der Waals surface area contributed by atoms with E-state index in [4.69, 9.17) is 16.3 Å². The van der Waals surface area contributed by atoms with Crippen LogP contribution in [0.2, 0.25) is 5.02 Å². The molecule has 3 aromatic heterocycles. The Hall–Kier alpha value is -2.92. The number of carbonyl (C=O) groups excluding carboxylic acids is 1. The van der Waals surface area contributed by atoms with Crippen LogP contribution < -0.4 is 5.32 Å². The van der Waals surface area contributed by atoms with Gasteiger partial charge < -0.3 is 15.0 Å². The molecule has 4 rings (SSSR count). The van der Waals surface area contributed by atoms with Crippen molar-refractivity contribution in [1.29, 1.82) is 0 Å². The molecule has 1 fully saturated rings. The quantitative estimate of drug-likeness (QED) is 0.647. The highest BCUT2D eigenvalue weighted by Gasteiger charge is 2.30. The number of amides is 1. The summed E-state index contributed by atoms with van der Waals surface area (Å²) in [5.74, 6) is 0.0812. The minimum atomic E-state index is -4.50. The highest BCUT2D eigenvalue weighted by atomic mass is 35.5. The molecule has 1 amide bonds. The van der Waals surface area contributed by atoms with Gasteiger partial charge in [0.1, 0.15) is 18.1 Å². The summed E-state index contributed by atoms with van der Waals surface area (Å²) < 4.78 is 45.6. The minimum absolute atomic E-state index is 0.0464. The molecular weight excluding hydrogens is 437 g/mol. The second-order valence-corrected chi connectivity index (χ2v) is 7.39. The Balaban J connectivity index is 1.72. The molecule has 0 aliphatic carbocycles. The van der Waals surface area contributed by atoms with E-state index in [-0.39, 0.29) is 22.9 Å². The molecule has 12 heteroatoms. The molecule has 1 aliphatic heterocycles. The Morgan fingerprint density at radius 2 is 2.06 bits per heavy atom. The van der Waals surface area contributed by atoms with E-state index in [0.717, 1.165) is 4.68 Å². The number of nitrogens with zero attached hydrogens (tertiary/aromatic N) is 5. The molecular formula is C19H18ClF3N6O2. The maximum Gasteiger partial charge on any atom is 0.408 e. The molecule has 0 aromatic carbocycles. The van der Waals surface area contributed by atoms with Crippen LogP contribution in [0, 0.1) is 0 Å². The van der Waals surface area contributed by atoms with Crippen molar-refractivity contribution in [2.24, 2.45) is 0 Å². The van der Waals surface area contributed by atoms with Gasteiger partial charge in [0.2, 0.25) is 0 Å². The van der Waals surface area contributed by atoms with E-state index in [1.807, 2.05) is 0 Å². The van der Waals surface area contributed by atoms with Gasteiger partial charge in [-0.1, -0.05) is 11.6 Å². The van der Waals surface area contributed by atoms with Gasteiger partial charge in [-0.25, -0.2) is 4.98 Å². The summed E-state index contributed by atoms with van der Waals surface area (Å²) >= 11 is 5.94. The topological polar surface area (TPSA) is 85.2 Å². The monoisotopic (exact) mass is 454 g/mol. The molecule has 0 radical (unpaired) electrons. The fourth-order valence-corrected chi connectivity index (χ4v) is 3.43. The van der Waals surface area contributed by atoms with E-state index in [2.05, 4.69) is 20.4 Å². The fraction of sp³-hybridized carbons (Fsp3) is 0.368. The van der Waals surface area contributed by atoms with Crippen LogP contribution in [-0.2, 0) is 11.3 Å². The highest BCUT2D eigenvalue weighted by Crippen LogP contribution is 2.29. The van der Waals surface area contributed by atoms with Crippen LogP contribution in [0.5, 0.6) is 0 Å². The number of anilines is 2. The zero-order chi connectivity index (χ0) is 22.0. The van der Waals surface area contributed by atoms with Gasteiger partial charge in [0.05, 0.1) is 17.5 Å². The number of carbonyl (C=O) groups is 1. The van der Waals surface area contributed by atoms with Gasteiger partial charge in [-0.15, -0.1) is 0 Å². The zero-order valence-electron chi connectivity index (χ0n) is 16.2. The van der Waals surface area contributed by atoms with Crippen molar-refractivity contribution in [3.8, 4) is 0 Å². The molecule has 0 saturated carbocycles. The van der Waals surface area contributed by atoms with Crippen molar-refractivity contribution in [1.82, 2.24) is 24.6 Å². The van der Waals surface area contributed by atoms with Crippen LogP contribution >= 0.6 is 11.6 Å². The molecule has 0 atom stereocenters. The Kier molecular flexibility index (Phi) is 5.96.